The Hall–Kier alpha value is -0.850. The Kier molecular flexibility index (Phi) is 3.80. The number of thiol groups is 1. The minimum absolute atomic E-state index is 0. The van der Waals surface area contributed by atoms with E-state index in [0.717, 1.165) is 0 Å². The van der Waals surface area contributed by atoms with E-state index in [0.29, 0.717) is 16.1 Å². The van der Waals surface area contributed by atoms with Crippen molar-refractivity contribution in [3.8, 4) is 6.07 Å². The summed E-state index contributed by atoms with van der Waals surface area (Å²) in [5.74, 6) is 0. The summed E-state index contributed by atoms with van der Waals surface area (Å²) in [6.45, 7) is 0. The molecule has 58 valence electrons. The average Bonchev–Trinajstić information content (AvgIpc) is 1.95. The van der Waals surface area contributed by atoms with Crippen LogP contribution >= 0.6 is 25.0 Å². The lowest BCUT2D eigenvalue weighted by Gasteiger charge is -1.96. The molecule has 4 heteroatoms. The molecule has 1 aromatic carbocycles. The number of hydrogen-bond acceptors (Lipinski definition) is 3. The Morgan fingerprint density at radius 3 is 2.55 bits per heavy atom. The first kappa shape index (κ1) is 10.2. The SMILES string of the molecule is Cl.N#Cc1ccc(S)c(N)c1. The highest BCUT2D eigenvalue weighted by molar-refractivity contribution is 7.80. The number of nitrogens with two attached hydrogens (primary N) is 1. The lowest BCUT2D eigenvalue weighted by atomic mass is 10.2. The molecule has 1 rings (SSSR count). The van der Waals surface area contributed by atoms with Gasteiger partial charge >= 0.3 is 0 Å². The van der Waals surface area contributed by atoms with Crippen molar-refractivity contribution in [3.63, 3.8) is 0 Å². The van der Waals surface area contributed by atoms with Crippen molar-refractivity contribution in [3.05, 3.63) is 23.8 Å². The number of halogens is 1. The molecule has 0 amide bonds. The number of hydrogen-bond donors (Lipinski definition) is 2. The molecular formula is C7H7ClN2S. The zero-order chi connectivity index (χ0) is 7.56. The molecule has 0 aliphatic rings. The second-order valence-electron chi connectivity index (χ2n) is 1.89. The summed E-state index contributed by atoms with van der Waals surface area (Å²) in [6, 6.07) is 6.97. The summed E-state index contributed by atoms with van der Waals surface area (Å²) in [6.07, 6.45) is 0. The standard InChI is InChI=1S/C7H6N2S.ClH/c8-4-5-1-2-7(10)6(9)3-5;/h1-3,10H,9H2;1H. The van der Waals surface area contributed by atoms with Crippen LogP contribution in [-0.4, -0.2) is 0 Å². The molecule has 0 fully saturated rings. The van der Waals surface area contributed by atoms with Crippen LogP contribution in [0, 0.1) is 11.3 Å². The third-order valence-electron chi connectivity index (χ3n) is 1.16. The second kappa shape index (κ2) is 4.12. The van der Waals surface area contributed by atoms with Gasteiger partial charge in [-0.25, -0.2) is 0 Å². The van der Waals surface area contributed by atoms with Crippen molar-refractivity contribution in [1.29, 1.82) is 5.26 Å². The van der Waals surface area contributed by atoms with Crippen LogP contribution in [0.15, 0.2) is 23.1 Å². The molecule has 0 aliphatic heterocycles. The first-order chi connectivity index (χ1) is 4.74. The van der Waals surface area contributed by atoms with E-state index in [2.05, 4.69) is 12.6 Å². The van der Waals surface area contributed by atoms with Crippen LogP contribution in [0.1, 0.15) is 5.56 Å². The number of benzene rings is 1. The lowest BCUT2D eigenvalue weighted by Crippen LogP contribution is -1.86. The largest absolute Gasteiger partial charge is 0.398 e. The first-order valence-corrected chi connectivity index (χ1v) is 3.17. The molecule has 0 saturated heterocycles. The highest BCUT2D eigenvalue weighted by Crippen LogP contribution is 2.16. The molecule has 0 aromatic heterocycles. The van der Waals surface area contributed by atoms with Crippen molar-refractivity contribution >= 4 is 30.7 Å². The van der Waals surface area contributed by atoms with Gasteiger partial charge in [0.05, 0.1) is 11.6 Å². The van der Waals surface area contributed by atoms with E-state index in [1.165, 1.54) is 0 Å². The third-order valence-corrected chi connectivity index (χ3v) is 1.56. The van der Waals surface area contributed by atoms with Gasteiger partial charge in [-0.1, -0.05) is 0 Å². The van der Waals surface area contributed by atoms with Crippen molar-refractivity contribution in [2.24, 2.45) is 0 Å². The maximum absolute atomic E-state index is 8.42. The number of anilines is 1. The van der Waals surface area contributed by atoms with Crippen molar-refractivity contribution < 1.29 is 0 Å². The summed E-state index contributed by atoms with van der Waals surface area (Å²) in [5.41, 5.74) is 6.58. The van der Waals surface area contributed by atoms with Crippen molar-refractivity contribution in [2.45, 2.75) is 4.90 Å². The zero-order valence-electron chi connectivity index (χ0n) is 5.61. The van der Waals surface area contributed by atoms with Gasteiger partial charge in [-0.3, -0.25) is 0 Å². The Bertz CT molecular complexity index is 293. The Labute approximate surface area is 76.8 Å². The third kappa shape index (κ3) is 2.34. The van der Waals surface area contributed by atoms with E-state index in [-0.39, 0.29) is 12.4 Å². The fourth-order valence-corrected chi connectivity index (χ4v) is 0.763. The number of nitrogens with zero attached hydrogens (tertiary/aromatic N) is 1. The molecule has 0 aliphatic carbocycles. The van der Waals surface area contributed by atoms with E-state index in [1.54, 1.807) is 18.2 Å². The number of nitrogen functional groups attached to an aromatic ring is 1. The maximum Gasteiger partial charge on any atom is 0.0992 e. The fourth-order valence-electron chi connectivity index (χ4n) is 0.624. The summed E-state index contributed by atoms with van der Waals surface area (Å²) < 4.78 is 0. The van der Waals surface area contributed by atoms with Crippen LogP contribution in [0.4, 0.5) is 5.69 Å². The lowest BCUT2D eigenvalue weighted by molar-refractivity contribution is 1.42. The number of nitriles is 1. The Morgan fingerprint density at radius 1 is 1.45 bits per heavy atom. The first-order valence-electron chi connectivity index (χ1n) is 2.72. The fraction of sp³-hybridized carbons (Fsp3) is 0. The van der Waals surface area contributed by atoms with Gasteiger partial charge in [-0.2, -0.15) is 5.26 Å². The molecule has 0 unspecified atom stereocenters. The summed E-state index contributed by atoms with van der Waals surface area (Å²) in [4.78, 5) is 0.707. The predicted octanol–water partition coefficient (Wildman–Crippen LogP) is 1.85. The number of rotatable bonds is 0. The van der Waals surface area contributed by atoms with E-state index in [4.69, 9.17) is 11.0 Å². The van der Waals surface area contributed by atoms with E-state index >= 15 is 0 Å². The predicted molar refractivity (Wildman–Crippen MR) is 50.1 cm³/mol. The van der Waals surface area contributed by atoms with Gasteiger partial charge in [0.25, 0.3) is 0 Å². The van der Waals surface area contributed by atoms with E-state index in [9.17, 15) is 0 Å². The molecule has 0 bridgehead atoms. The van der Waals surface area contributed by atoms with Gasteiger partial charge in [-0.15, -0.1) is 25.0 Å². The summed E-state index contributed by atoms with van der Waals surface area (Å²) in [7, 11) is 0. The smallest absolute Gasteiger partial charge is 0.0992 e. The minimum Gasteiger partial charge on any atom is -0.398 e. The van der Waals surface area contributed by atoms with Gasteiger partial charge in [0.2, 0.25) is 0 Å². The van der Waals surface area contributed by atoms with Crippen molar-refractivity contribution in [2.75, 3.05) is 5.73 Å². The highest BCUT2D eigenvalue weighted by atomic mass is 35.5. The van der Waals surface area contributed by atoms with Gasteiger partial charge in [0, 0.05) is 10.6 Å². The van der Waals surface area contributed by atoms with E-state index < -0.39 is 0 Å². The summed E-state index contributed by atoms with van der Waals surface area (Å²) in [5, 5.41) is 8.42. The molecular weight excluding hydrogens is 180 g/mol. The van der Waals surface area contributed by atoms with Crippen molar-refractivity contribution in [1.82, 2.24) is 0 Å². The molecule has 0 spiro atoms. The average molecular weight is 187 g/mol. The van der Waals surface area contributed by atoms with Crippen LogP contribution in [-0.2, 0) is 0 Å². The van der Waals surface area contributed by atoms with Crippen LogP contribution in [0.3, 0.4) is 0 Å². The minimum atomic E-state index is 0. The molecule has 11 heavy (non-hydrogen) atoms. The molecule has 2 N–H and O–H groups in total. The van der Waals surface area contributed by atoms with E-state index in [1.807, 2.05) is 6.07 Å². The van der Waals surface area contributed by atoms with Gasteiger partial charge in [0.1, 0.15) is 0 Å². The van der Waals surface area contributed by atoms with Gasteiger partial charge < -0.3 is 5.73 Å². The quantitative estimate of drug-likeness (QED) is 0.480. The molecule has 0 saturated carbocycles. The monoisotopic (exact) mass is 186 g/mol. The maximum atomic E-state index is 8.42. The molecule has 0 atom stereocenters. The van der Waals surface area contributed by atoms with Gasteiger partial charge in [0.15, 0.2) is 0 Å². The normalized spacial score (nSPS) is 8.00. The molecule has 2 nitrogen and oxygen atoms in total. The van der Waals surface area contributed by atoms with Crippen LogP contribution in [0.2, 0.25) is 0 Å². The highest BCUT2D eigenvalue weighted by Gasteiger charge is 1.94. The Balaban J connectivity index is 0.000001000. The van der Waals surface area contributed by atoms with Gasteiger partial charge in [-0.05, 0) is 18.2 Å². The summed E-state index contributed by atoms with van der Waals surface area (Å²) >= 11 is 4.05. The molecule has 1 aromatic rings. The molecule has 0 heterocycles. The van der Waals surface area contributed by atoms with Crippen LogP contribution in [0.25, 0.3) is 0 Å². The van der Waals surface area contributed by atoms with Crippen LogP contribution < -0.4 is 5.73 Å². The van der Waals surface area contributed by atoms with Crippen LogP contribution in [0.5, 0.6) is 0 Å². The zero-order valence-corrected chi connectivity index (χ0v) is 7.32. The second-order valence-corrected chi connectivity index (χ2v) is 2.37. The topological polar surface area (TPSA) is 49.8 Å². The molecule has 0 radical (unpaired) electrons. The Morgan fingerprint density at radius 2 is 2.09 bits per heavy atom.